The third kappa shape index (κ3) is 3.19. The fraction of sp³-hybridized carbons (Fsp3) is 0.647. The van der Waals surface area contributed by atoms with Crippen molar-refractivity contribution in [3.8, 4) is 0 Å². The SMILES string of the molecule is CCOC(=O)C1CCCN(C(=O)c2cc3c(s2)CCCC3)C1. The lowest BCUT2D eigenvalue weighted by atomic mass is 9.97. The summed E-state index contributed by atoms with van der Waals surface area (Å²) in [6.45, 7) is 3.47. The van der Waals surface area contributed by atoms with E-state index < -0.39 is 0 Å². The van der Waals surface area contributed by atoms with E-state index in [1.54, 1.807) is 11.3 Å². The van der Waals surface area contributed by atoms with Gasteiger partial charge < -0.3 is 9.64 Å². The van der Waals surface area contributed by atoms with Crippen LogP contribution in [-0.2, 0) is 22.4 Å². The molecule has 1 unspecified atom stereocenters. The van der Waals surface area contributed by atoms with Crippen LogP contribution in [0.25, 0.3) is 0 Å². The van der Waals surface area contributed by atoms with Crippen molar-refractivity contribution in [2.45, 2.75) is 45.4 Å². The predicted octanol–water partition coefficient (Wildman–Crippen LogP) is 3.04. The number of nitrogens with zero attached hydrogens (tertiary/aromatic N) is 1. The predicted molar refractivity (Wildman–Crippen MR) is 86.2 cm³/mol. The maximum Gasteiger partial charge on any atom is 0.310 e. The van der Waals surface area contributed by atoms with Crippen molar-refractivity contribution in [1.82, 2.24) is 4.90 Å². The number of likely N-dealkylation sites (tertiary alicyclic amines) is 1. The van der Waals surface area contributed by atoms with Gasteiger partial charge in [-0.15, -0.1) is 11.3 Å². The second kappa shape index (κ2) is 6.82. The average molecular weight is 321 g/mol. The average Bonchev–Trinajstić information content (AvgIpc) is 2.98. The number of thiophene rings is 1. The van der Waals surface area contributed by atoms with E-state index in [4.69, 9.17) is 4.74 Å². The molecule has 0 radical (unpaired) electrons. The van der Waals surface area contributed by atoms with E-state index in [1.807, 2.05) is 11.8 Å². The first-order chi connectivity index (χ1) is 10.7. The third-order valence-corrected chi connectivity index (χ3v) is 5.76. The summed E-state index contributed by atoms with van der Waals surface area (Å²) in [7, 11) is 0. The van der Waals surface area contributed by atoms with E-state index >= 15 is 0 Å². The first-order valence-electron chi connectivity index (χ1n) is 8.26. The van der Waals surface area contributed by atoms with Gasteiger partial charge in [-0.25, -0.2) is 0 Å². The molecule has 1 saturated heterocycles. The lowest BCUT2D eigenvalue weighted by molar-refractivity contribution is -0.149. The van der Waals surface area contributed by atoms with Gasteiger partial charge in [-0.05, 0) is 57.1 Å². The molecule has 3 rings (SSSR count). The van der Waals surface area contributed by atoms with Crippen LogP contribution in [0.4, 0.5) is 0 Å². The molecule has 2 aliphatic rings. The Labute approximate surface area is 135 Å². The smallest absolute Gasteiger partial charge is 0.310 e. The summed E-state index contributed by atoms with van der Waals surface area (Å²) in [6, 6.07) is 2.08. The number of esters is 1. The van der Waals surface area contributed by atoms with E-state index in [0.29, 0.717) is 13.2 Å². The van der Waals surface area contributed by atoms with Crippen molar-refractivity contribution in [1.29, 1.82) is 0 Å². The molecule has 22 heavy (non-hydrogen) atoms. The number of hydrogen-bond donors (Lipinski definition) is 0. The zero-order chi connectivity index (χ0) is 15.5. The van der Waals surface area contributed by atoms with Crippen molar-refractivity contribution >= 4 is 23.2 Å². The highest BCUT2D eigenvalue weighted by Crippen LogP contribution is 2.31. The van der Waals surface area contributed by atoms with Crippen molar-refractivity contribution in [3.05, 3.63) is 21.4 Å². The first-order valence-corrected chi connectivity index (χ1v) is 9.08. The Kier molecular flexibility index (Phi) is 4.81. The number of carbonyl (C=O) groups excluding carboxylic acids is 2. The van der Waals surface area contributed by atoms with Gasteiger partial charge >= 0.3 is 5.97 Å². The minimum absolute atomic E-state index is 0.0911. The fourth-order valence-electron chi connectivity index (χ4n) is 3.37. The zero-order valence-electron chi connectivity index (χ0n) is 13.1. The van der Waals surface area contributed by atoms with E-state index in [9.17, 15) is 9.59 Å². The van der Waals surface area contributed by atoms with E-state index in [1.165, 1.54) is 23.3 Å². The molecule has 1 aliphatic heterocycles. The normalized spacial score (nSPS) is 21.3. The summed E-state index contributed by atoms with van der Waals surface area (Å²) in [5, 5.41) is 0. The standard InChI is InChI=1S/C17H23NO3S/c1-2-21-17(20)13-7-5-9-18(11-13)16(19)15-10-12-6-3-4-8-14(12)22-15/h10,13H,2-9,11H2,1H3. The van der Waals surface area contributed by atoms with Gasteiger partial charge in [-0.1, -0.05) is 0 Å². The molecule has 0 saturated carbocycles. The van der Waals surface area contributed by atoms with E-state index in [2.05, 4.69) is 6.07 Å². The number of fused-ring (bicyclic) bond motifs is 1. The van der Waals surface area contributed by atoms with E-state index in [-0.39, 0.29) is 17.8 Å². The highest BCUT2D eigenvalue weighted by atomic mass is 32.1. The summed E-state index contributed by atoms with van der Waals surface area (Å²) in [4.78, 5) is 28.7. The number of hydrogen-bond acceptors (Lipinski definition) is 4. The lowest BCUT2D eigenvalue weighted by Crippen LogP contribution is -2.42. The number of aryl methyl sites for hydroxylation is 2. The van der Waals surface area contributed by atoms with Crippen LogP contribution in [0, 0.1) is 5.92 Å². The summed E-state index contributed by atoms with van der Waals surface area (Å²) in [5.41, 5.74) is 1.36. The molecule has 1 aliphatic carbocycles. The van der Waals surface area contributed by atoms with Crippen molar-refractivity contribution in [2.24, 2.45) is 5.92 Å². The number of ether oxygens (including phenoxy) is 1. The molecule has 0 aromatic carbocycles. The van der Waals surface area contributed by atoms with Crippen LogP contribution in [0.2, 0.25) is 0 Å². The topological polar surface area (TPSA) is 46.6 Å². The van der Waals surface area contributed by atoms with Gasteiger partial charge in [-0.3, -0.25) is 9.59 Å². The number of carbonyl (C=O) groups is 2. The van der Waals surface area contributed by atoms with E-state index in [0.717, 1.165) is 37.1 Å². The molecule has 1 atom stereocenters. The number of amides is 1. The molecule has 0 N–H and O–H groups in total. The molecule has 1 aromatic rings. The van der Waals surface area contributed by atoms with Gasteiger partial charge in [0.25, 0.3) is 5.91 Å². The highest BCUT2D eigenvalue weighted by molar-refractivity contribution is 7.14. The van der Waals surface area contributed by atoms with Gasteiger partial charge in [0.2, 0.25) is 0 Å². The second-order valence-electron chi connectivity index (χ2n) is 6.11. The summed E-state index contributed by atoms with van der Waals surface area (Å²) in [5.74, 6) is -0.230. The van der Waals surface area contributed by atoms with Crippen LogP contribution in [0.15, 0.2) is 6.07 Å². The molecular formula is C17H23NO3S. The Morgan fingerprint density at radius 1 is 1.32 bits per heavy atom. The van der Waals surface area contributed by atoms with Crippen LogP contribution >= 0.6 is 11.3 Å². The minimum Gasteiger partial charge on any atom is -0.466 e. The summed E-state index contributed by atoms with van der Waals surface area (Å²) < 4.78 is 5.11. The summed E-state index contributed by atoms with van der Waals surface area (Å²) >= 11 is 1.65. The van der Waals surface area contributed by atoms with Crippen LogP contribution in [0.3, 0.4) is 0 Å². The first kappa shape index (κ1) is 15.5. The molecule has 0 spiro atoms. The summed E-state index contributed by atoms with van der Waals surface area (Å²) in [6.07, 6.45) is 6.37. The van der Waals surface area contributed by atoms with Crippen molar-refractivity contribution < 1.29 is 14.3 Å². The molecule has 5 heteroatoms. The molecule has 2 heterocycles. The van der Waals surface area contributed by atoms with Crippen molar-refractivity contribution in [2.75, 3.05) is 19.7 Å². The monoisotopic (exact) mass is 321 g/mol. The van der Waals surface area contributed by atoms with Gasteiger partial charge in [0.1, 0.15) is 0 Å². The van der Waals surface area contributed by atoms with Crippen LogP contribution in [0.5, 0.6) is 0 Å². The lowest BCUT2D eigenvalue weighted by Gasteiger charge is -2.31. The third-order valence-electron chi connectivity index (χ3n) is 4.54. The molecule has 1 fully saturated rings. The number of rotatable bonds is 3. The largest absolute Gasteiger partial charge is 0.466 e. The van der Waals surface area contributed by atoms with Crippen LogP contribution in [0.1, 0.15) is 52.7 Å². The maximum absolute atomic E-state index is 12.7. The molecule has 0 bridgehead atoms. The molecule has 4 nitrogen and oxygen atoms in total. The molecule has 120 valence electrons. The fourth-order valence-corrected chi connectivity index (χ4v) is 4.59. The van der Waals surface area contributed by atoms with Gasteiger partial charge in [0, 0.05) is 18.0 Å². The molecule has 1 aromatic heterocycles. The molecule has 1 amide bonds. The zero-order valence-corrected chi connectivity index (χ0v) is 13.9. The van der Waals surface area contributed by atoms with Gasteiger partial charge in [0.15, 0.2) is 0 Å². The molecular weight excluding hydrogens is 298 g/mol. The minimum atomic E-state index is -0.162. The van der Waals surface area contributed by atoms with Crippen molar-refractivity contribution in [3.63, 3.8) is 0 Å². The highest BCUT2D eigenvalue weighted by Gasteiger charge is 2.30. The quantitative estimate of drug-likeness (QED) is 0.804. The van der Waals surface area contributed by atoms with Gasteiger partial charge in [0.05, 0.1) is 17.4 Å². The van der Waals surface area contributed by atoms with Gasteiger partial charge in [-0.2, -0.15) is 0 Å². The Bertz CT molecular complexity index is 543. The van der Waals surface area contributed by atoms with Crippen LogP contribution in [-0.4, -0.2) is 36.5 Å². The number of piperidine rings is 1. The maximum atomic E-state index is 12.7. The Morgan fingerprint density at radius 3 is 2.91 bits per heavy atom. The van der Waals surface area contributed by atoms with Crippen LogP contribution < -0.4 is 0 Å². The Morgan fingerprint density at radius 2 is 2.14 bits per heavy atom. The second-order valence-corrected chi connectivity index (χ2v) is 7.25. The Hall–Kier alpha value is -1.36. The Balaban J connectivity index is 1.69.